The maximum Gasteiger partial charge on any atom is 0.119 e. The van der Waals surface area contributed by atoms with Crippen LogP contribution in [0.1, 0.15) is 24.0 Å². The van der Waals surface area contributed by atoms with Gasteiger partial charge in [-0.1, -0.05) is 17.7 Å². The highest BCUT2D eigenvalue weighted by atomic mass is 16.6. The third kappa shape index (κ3) is 1.35. The van der Waals surface area contributed by atoms with Crippen LogP contribution in [0, 0.1) is 6.92 Å². The van der Waals surface area contributed by atoms with Gasteiger partial charge >= 0.3 is 0 Å². The molecule has 2 fully saturated rings. The second kappa shape index (κ2) is 3.22. The van der Waals surface area contributed by atoms with E-state index in [1.807, 2.05) is 19.1 Å². The summed E-state index contributed by atoms with van der Waals surface area (Å²) in [5.41, 5.74) is 1.97. The van der Waals surface area contributed by atoms with Gasteiger partial charge in [0.2, 0.25) is 0 Å². The minimum absolute atomic E-state index is 0.135. The summed E-state index contributed by atoms with van der Waals surface area (Å²) >= 11 is 0. The molecule has 2 heterocycles. The molecule has 0 aliphatic carbocycles. The first-order valence-corrected chi connectivity index (χ1v) is 5.66. The molecular weight excluding hydrogens is 204 g/mol. The van der Waals surface area contributed by atoms with E-state index in [4.69, 9.17) is 9.47 Å². The zero-order valence-corrected chi connectivity index (χ0v) is 9.56. The smallest absolute Gasteiger partial charge is 0.119 e. The van der Waals surface area contributed by atoms with Crippen LogP contribution in [0.5, 0.6) is 5.75 Å². The molecule has 3 heteroatoms. The molecule has 0 amide bonds. The molecule has 86 valence electrons. The van der Waals surface area contributed by atoms with Gasteiger partial charge < -0.3 is 14.6 Å². The number of aryl methyl sites for hydroxylation is 1. The Morgan fingerprint density at radius 1 is 1.38 bits per heavy atom. The van der Waals surface area contributed by atoms with Crippen molar-refractivity contribution in [2.75, 3.05) is 13.2 Å². The molecule has 0 saturated carbocycles. The molecule has 3 rings (SSSR count). The monoisotopic (exact) mass is 220 g/mol. The van der Waals surface area contributed by atoms with Gasteiger partial charge in [0, 0.05) is 11.5 Å². The van der Waals surface area contributed by atoms with Gasteiger partial charge in [-0.25, -0.2) is 0 Å². The lowest BCUT2D eigenvalue weighted by molar-refractivity contribution is 0.0829. The van der Waals surface area contributed by atoms with E-state index in [-0.39, 0.29) is 17.6 Å². The van der Waals surface area contributed by atoms with Crippen molar-refractivity contribution in [2.24, 2.45) is 0 Å². The van der Waals surface area contributed by atoms with Crippen LogP contribution in [0.25, 0.3) is 0 Å². The number of benzene rings is 1. The van der Waals surface area contributed by atoms with Crippen LogP contribution >= 0.6 is 0 Å². The molecule has 16 heavy (non-hydrogen) atoms. The average Bonchev–Trinajstić information content (AvgIpc) is 2.93. The highest BCUT2D eigenvalue weighted by molar-refractivity contribution is 5.41. The number of fused-ring (bicyclic) bond motifs is 1. The van der Waals surface area contributed by atoms with E-state index < -0.39 is 0 Å². The Morgan fingerprint density at radius 2 is 2.19 bits per heavy atom. The second-order valence-corrected chi connectivity index (χ2v) is 4.94. The van der Waals surface area contributed by atoms with Crippen molar-refractivity contribution in [1.82, 2.24) is 0 Å². The lowest BCUT2D eigenvalue weighted by atomic mass is 9.83. The fourth-order valence-corrected chi connectivity index (χ4v) is 2.59. The summed E-state index contributed by atoms with van der Waals surface area (Å²) in [5.74, 6) is 0.489. The summed E-state index contributed by atoms with van der Waals surface area (Å²) in [4.78, 5) is 0. The molecule has 0 unspecified atom stereocenters. The van der Waals surface area contributed by atoms with Gasteiger partial charge in [0.25, 0.3) is 0 Å². The van der Waals surface area contributed by atoms with Gasteiger partial charge in [-0.05, 0) is 19.9 Å². The number of rotatable bonds is 1. The standard InChI is InChI=1S/C13H16O3/c1-8-3-4-11(14)9(5-8)10-6-15-7-12-13(10,2)16-12/h3-5,10,12,14H,6-7H2,1-2H3/t10-,12+,13-/m1/s1. The third-order valence-corrected chi connectivity index (χ3v) is 3.78. The van der Waals surface area contributed by atoms with Gasteiger partial charge in [0.05, 0.1) is 13.2 Å². The van der Waals surface area contributed by atoms with Crippen LogP contribution in [0.15, 0.2) is 18.2 Å². The van der Waals surface area contributed by atoms with Crippen molar-refractivity contribution in [3.8, 4) is 5.75 Å². The fraction of sp³-hybridized carbons (Fsp3) is 0.538. The molecule has 3 nitrogen and oxygen atoms in total. The summed E-state index contributed by atoms with van der Waals surface area (Å²) in [6, 6.07) is 5.69. The lowest BCUT2D eigenvalue weighted by Crippen LogP contribution is -2.32. The van der Waals surface area contributed by atoms with Crippen LogP contribution < -0.4 is 0 Å². The van der Waals surface area contributed by atoms with E-state index in [9.17, 15) is 5.11 Å². The highest BCUT2D eigenvalue weighted by Crippen LogP contribution is 2.52. The van der Waals surface area contributed by atoms with Crippen LogP contribution in [-0.2, 0) is 9.47 Å². The molecule has 1 N–H and O–H groups in total. The van der Waals surface area contributed by atoms with E-state index >= 15 is 0 Å². The molecule has 1 aromatic rings. The summed E-state index contributed by atoms with van der Waals surface area (Å²) in [6.07, 6.45) is 0.200. The van der Waals surface area contributed by atoms with Gasteiger partial charge in [-0.2, -0.15) is 0 Å². The van der Waals surface area contributed by atoms with E-state index in [0.29, 0.717) is 19.0 Å². The number of epoxide rings is 1. The van der Waals surface area contributed by atoms with Crippen molar-refractivity contribution in [1.29, 1.82) is 0 Å². The first kappa shape index (κ1) is 10.1. The summed E-state index contributed by atoms with van der Waals surface area (Å²) in [7, 11) is 0. The van der Waals surface area contributed by atoms with Crippen LogP contribution in [0.2, 0.25) is 0 Å². The van der Waals surface area contributed by atoms with Crippen LogP contribution in [0.3, 0.4) is 0 Å². The predicted octanol–water partition coefficient (Wildman–Crippen LogP) is 1.97. The van der Waals surface area contributed by atoms with E-state index in [0.717, 1.165) is 11.1 Å². The summed E-state index contributed by atoms with van der Waals surface area (Å²) in [5, 5.41) is 9.93. The van der Waals surface area contributed by atoms with Crippen LogP contribution in [0.4, 0.5) is 0 Å². The zero-order chi connectivity index (χ0) is 11.3. The lowest BCUT2D eigenvalue weighted by Gasteiger charge is -2.26. The normalized spacial score (nSPS) is 36.9. The van der Waals surface area contributed by atoms with E-state index in [1.54, 1.807) is 6.07 Å². The molecule has 0 bridgehead atoms. The van der Waals surface area contributed by atoms with Gasteiger partial charge in [-0.15, -0.1) is 0 Å². The minimum atomic E-state index is -0.135. The average molecular weight is 220 g/mol. The Hall–Kier alpha value is -1.06. The van der Waals surface area contributed by atoms with Gasteiger partial charge in [0.15, 0.2) is 0 Å². The Bertz CT molecular complexity index is 429. The topological polar surface area (TPSA) is 42.0 Å². The van der Waals surface area contributed by atoms with Crippen LogP contribution in [-0.4, -0.2) is 30.0 Å². The van der Waals surface area contributed by atoms with Crippen molar-refractivity contribution in [3.05, 3.63) is 29.3 Å². The first-order valence-electron chi connectivity index (χ1n) is 5.66. The number of hydrogen-bond acceptors (Lipinski definition) is 3. The minimum Gasteiger partial charge on any atom is -0.508 e. The number of ether oxygens (including phenoxy) is 2. The fourth-order valence-electron chi connectivity index (χ4n) is 2.59. The number of phenolic OH excluding ortho intramolecular Hbond substituents is 1. The SMILES string of the molecule is Cc1ccc(O)c([C@H]2COC[C@@H]3O[C@@]32C)c1. The third-order valence-electron chi connectivity index (χ3n) is 3.78. The molecule has 1 aromatic carbocycles. The van der Waals surface area contributed by atoms with Crippen molar-refractivity contribution >= 4 is 0 Å². The quantitative estimate of drug-likeness (QED) is 0.736. The Kier molecular flexibility index (Phi) is 2.03. The van der Waals surface area contributed by atoms with Gasteiger partial charge in [-0.3, -0.25) is 0 Å². The Morgan fingerprint density at radius 3 is 3.00 bits per heavy atom. The molecule has 0 aromatic heterocycles. The molecule has 2 aliphatic heterocycles. The zero-order valence-electron chi connectivity index (χ0n) is 9.56. The van der Waals surface area contributed by atoms with Crippen molar-refractivity contribution < 1.29 is 14.6 Å². The first-order chi connectivity index (χ1) is 7.61. The maximum atomic E-state index is 9.93. The second-order valence-electron chi connectivity index (χ2n) is 4.94. The van der Waals surface area contributed by atoms with E-state index in [1.165, 1.54) is 0 Å². The van der Waals surface area contributed by atoms with Crippen molar-refractivity contribution in [2.45, 2.75) is 31.5 Å². The molecule has 3 atom stereocenters. The summed E-state index contributed by atoms with van der Waals surface area (Å²) < 4.78 is 11.2. The Balaban J connectivity index is 1.99. The number of aromatic hydroxyl groups is 1. The molecular formula is C13H16O3. The largest absolute Gasteiger partial charge is 0.508 e. The molecule has 0 spiro atoms. The molecule has 0 radical (unpaired) electrons. The van der Waals surface area contributed by atoms with Crippen molar-refractivity contribution in [3.63, 3.8) is 0 Å². The van der Waals surface area contributed by atoms with Gasteiger partial charge in [0.1, 0.15) is 17.5 Å². The molecule has 2 aliphatic rings. The molecule has 2 saturated heterocycles. The predicted molar refractivity (Wildman–Crippen MR) is 59.7 cm³/mol. The maximum absolute atomic E-state index is 9.93. The highest BCUT2D eigenvalue weighted by Gasteiger charge is 2.60. The Labute approximate surface area is 95.0 Å². The van der Waals surface area contributed by atoms with E-state index in [2.05, 4.69) is 6.92 Å². The number of phenols is 1. The number of hydrogen-bond donors (Lipinski definition) is 1. The summed E-state index contributed by atoms with van der Waals surface area (Å²) in [6.45, 7) is 5.44.